The van der Waals surface area contributed by atoms with Gasteiger partial charge in [-0.05, 0) is 18.6 Å². The summed E-state index contributed by atoms with van der Waals surface area (Å²) in [7, 11) is 7.18. The van der Waals surface area contributed by atoms with Crippen molar-refractivity contribution in [2.45, 2.75) is 6.92 Å². The minimum absolute atomic E-state index is 0.127. The van der Waals surface area contributed by atoms with Crippen LogP contribution >= 0.6 is 0 Å². The molecular formula is C22H23N7O2. The van der Waals surface area contributed by atoms with Crippen molar-refractivity contribution in [2.75, 3.05) is 14.2 Å². The van der Waals surface area contributed by atoms with Gasteiger partial charge in [0, 0.05) is 62.3 Å². The van der Waals surface area contributed by atoms with Gasteiger partial charge in [-0.2, -0.15) is 5.10 Å². The summed E-state index contributed by atoms with van der Waals surface area (Å²) in [5.41, 5.74) is 8.90. The molecule has 1 aromatic carbocycles. The van der Waals surface area contributed by atoms with Gasteiger partial charge in [-0.15, -0.1) is 0 Å². The first-order chi connectivity index (χ1) is 14.9. The predicted octanol–water partition coefficient (Wildman–Crippen LogP) is 2.45. The number of methoxy groups -OCH3 is 1. The standard InChI is InChI=1S/C22H23N7O2/c1-13-8-24-27(3)12-19(13)29-21-16-6-15(14-9-25-26(2)11-14)20(31-5)7-17(16)23-10-18(21)28(4)22(29)30/h6-12,24H,1-5H3. The summed E-state index contributed by atoms with van der Waals surface area (Å²) in [4.78, 5) is 17.9. The number of rotatable bonds is 3. The molecule has 31 heavy (non-hydrogen) atoms. The van der Waals surface area contributed by atoms with Crippen LogP contribution in [-0.2, 0) is 14.1 Å². The molecule has 158 valence electrons. The number of pyridine rings is 1. The molecule has 0 radical (unpaired) electrons. The average molecular weight is 417 g/mol. The van der Waals surface area contributed by atoms with E-state index in [1.54, 1.807) is 40.4 Å². The van der Waals surface area contributed by atoms with Crippen molar-refractivity contribution in [1.82, 2.24) is 34.3 Å². The van der Waals surface area contributed by atoms with E-state index in [1.807, 2.05) is 56.8 Å². The fourth-order valence-electron chi connectivity index (χ4n) is 4.03. The van der Waals surface area contributed by atoms with Crippen molar-refractivity contribution < 1.29 is 4.74 Å². The molecule has 5 rings (SSSR count). The normalized spacial score (nSPS) is 14.0. The second-order valence-corrected chi connectivity index (χ2v) is 7.72. The summed E-state index contributed by atoms with van der Waals surface area (Å²) in [6.45, 7) is 1.98. The molecule has 4 heterocycles. The van der Waals surface area contributed by atoms with Gasteiger partial charge in [0.2, 0.25) is 0 Å². The molecular weight excluding hydrogens is 394 g/mol. The number of nitrogens with zero attached hydrogens (tertiary/aromatic N) is 6. The van der Waals surface area contributed by atoms with E-state index in [4.69, 9.17) is 4.74 Å². The van der Waals surface area contributed by atoms with Gasteiger partial charge in [-0.25, -0.2) is 4.79 Å². The first kappa shape index (κ1) is 19.0. The van der Waals surface area contributed by atoms with E-state index < -0.39 is 0 Å². The first-order valence-corrected chi connectivity index (χ1v) is 9.84. The Hall–Kier alpha value is -4.01. The van der Waals surface area contributed by atoms with Crippen molar-refractivity contribution in [3.05, 3.63) is 59.2 Å². The molecule has 0 saturated heterocycles. The van der Waals surface area contributed by atoms with Crippen LogP contribution < -0.4 is 15.9 Å². The largest absolute Gasteiger partial charge is 0.496 e. The van der Waals surface area contributed by atoms with Crippen LogP contribution in [0.2, 0.25) is 0 Å². The van der Waals surface area contributed by atoms with Gasteiger partial charge in [0.15, 0.2) is 0 Å². The number of nitrogens with one attached hydrogen (secondary N) is 1. The second-order valence-electron chi connectivity index (χ2n) is 7.72. The van der Waals surface area contributed by atoms with Crippen molar-refractivity contribution in [3.63, 3.8) is 0 Å². The lowest BCUT2D eigenvalue weighted by molar-refractivity contribution is 0.380. The molecule has 3 aromatic heterocycles. The van der Waals surface area contributed by atoms with Gasteiger partial charge in [0.1, 0.15) is 5.75 Å². The molecule has 1 N–H and O–H groups in total. The van der Waals surface area contributed by atoms with Crippen LogP contribution in [-0.4, -0.2) is 43.1 Å². The number of allylic oxidation sites excluding steroid dienone is 2. The highest BCUT2D eigenvalue weighted by atomic mass is 16.5. The monoisotopic (exact) mass is 417 g/mol. The van der Waals surface area contributed by atoms with Crippen molar-refractivity contribution >= 4 is 27.6 Å². The molecule has 0 unspecified atom stereocenters. The van der Waals surface area contributed by atoms with Crippen LogP contribution in [0.3, 0.4) is 0 Å². The van der Waals surface area contributed by atoms with Crippen LogP contribution in [0.15, 0.2) is 53.5 Å². The number of fused-ring (bicyclic) bond motifs is 3. The Morgan fingerprint density at radius 3 is 2.65 bits per heavy atom. The summed E-state index contributed by atoms with van der Waals surface area (Å²) in [5.74, 6) is 0.703. The van der Waals surface area contributed by atoms with E-state index in [0.717, 1.165) is 44.3 Å². The lowest BCUT2D eigenvalue weighted by Gasteiger charge is -2.23. The Balaban J connectivity index is 1.91. The average Bonchev–Trinajstić information content (AvgIpc) is 3.30. The van der Waals surface area contributed by atoms with E-state index in [-0.39, 0.29) is 5.69 Å². The summed E-state index contributed by atoms with van der Waals surface area (Å²) >= 11 is 0. The number of hydrazine groups is 1. The molecule has 0 saturated carbocycles. The highest BCUT2D eigenvalue weighted by Gasteiger charge is 2.22. The van der Waals surface area contributed by atoms with Gasteiger partial charge in [-0.1, -0.05) is 0 Å². The Morgan fingerprint density at radius 1 is 1.13 bits per heavy atom. The highest BCUT2D eigenvalue weighted by molar-refractivity contribution is 6.06. The van der Waals surface area contributed by atoms with E-state index in [9.17, 15) is 4.79 Å². The van der Waals surface area contributed by atoms with Crippen molar-refractivity contribution in [2.24, 2.45) is 14.1 Å². The van der Waals surface area contributed by atoms with E-state index in [2.05, 4.69) is 15.5 Å². The summed E-state index contributed by atoms with van der Waals surface area (Å²) < 4.78 is 10.8. The molecule has 0 amide bonds. The number of aromatic nitrogens is 5. The van der Waals surface area contributed by atoms with Gasteiger partial charge < -0.3 is 10.2 Å². The summed E-state index contributed by atoms with van der Waals surface area (Å²) in [6.07, 6.45) is 9.27. The van der Waals surface area contributed by atoms with E-state index >= 15 is 0 Å². The third-order valence-corrected chi connectivity index (χ3v) is 5.67. The number of benzene rings is 1. The fourth-order valence-corrected chi connectivity index (χ4v) is 4.03. The van der Waals surface area contributed by atoms with Crippen molar-refractivity contribution in [1.29, 1.82) is 0 Å². The van der Waals surface area contributed by atoms with Crippen LogP contribution in [0.4, 0.5) is 0 Å². The van der Waals surface area contributed by atoms with Crippen LogP contribution in [0, 0.1) is 0 Å². The molecule has 1 aliphatic rings. The minimum atomic E-state index is -0.127. The van der Waals surface area contributed by atoms with E-state index in [1.165, 1.54) is 0 Å². The highest BCUT2D eigenvalue weighted by Crippen LogP contribution is 2.36. The Bertz CT molecular complexity index is 1470. The topological polar surface area (TPSA) is 82.1 Å². The number of hydrogen-bond donors (Lipinski definition) is 1. The zero-order chi connectivity index (χ0) is 21.9. The molecule has 9 nitrogen and oxygen atoms in total. The van der Waals surface area contributed by atoms with Crippen LogP contribution in [0.1, 0.15) is 6.92 Å². The number of hydrogen-bond acceptors (Lipinski definition) is 6. The van der Waals surface area contributed by atoms with Gasteiger partial charge in [0.05, 0.1) is 41.8 Å². The Morgan fingerprint density at radius 2 is 1.94 bits per heavy atom. The zero-order valence-electron chi connectivity index (χ0n) is 18.0. The van der Waals surface area contributed by atoms with Gasteiger partial charge in [-0.3, -0.25) is 23.8 Å². The number of ether oxygens (including phenoxy) is 1. The SMILES string of the molecule is COc1cc2ncc3c(c2cc1-c1cnn(C)c1)n(C1=CN(C)NC=C1C)c(=O)n3C. The number of aryl methyl sites for hydroxylation is 2. The van der Waals surface area contributed by atoms with Crippen LogP contribution in [0.5, 0.6) is 5.75 Å². The van der Waals surface area contributed by atoms with E-state index in [0.29, 0.717) is 5.75 Å². The smallest absolute Gasteiger partial charge is 0.333 e. The third-order valence-electron chi connectivity index (χ3n) is 5.67. The molecule has 0 atom stereocenters. The first-order valence-electron chi connectivity index (χ1n) is 9.84. The molecule has 1 aliphatic heterocycles. The van der Waals surface area contributed by atoms with Gasteiger partial charge >= 0.3 is 5.69 Å². The molecule has 9 heteroatoms. The zero-order valence-corrected chi connectivity index (χ0v) is 18.0. The third kappa shape index (κ3) is 2.81. The number of imidazole rings is 1. The van der Waals surface area contributed by atoms with Gasteiger partial charge in [0.25, 0.3) is 0 Å². The fraction of sp³-hybridized carbons (Fsp3) is 0.227. The molecule has 0 bridgehead atoms. The van der Waals surface area contributed by atoms with Crippen molar-refractivity contribution in [3.8, 4) is 16.9 Å². The quantitative estimate of drug-likeness (QED) is 0.551. The predicted molar refractivity (Wildman–Crippen MR) is 120 cm³/mol. The lowest BCUT2D eigenvalue weighted by atomic mass is 10.0. The summed E-state index contributed by atoms with van der Waals surface area (Å²) in [6, 6.07) is 3.94. The lowest BCUT2D eigenvalue weighted by Crippen LogP contribution is -2.31. The van der Waals surface area contributed by atoms with Crippen LogP contribution in [0.25, 0.3) is 38.8 Å². The Labute approximate surface area is 178 Å². The maximum Gasteiger partial charge on any atom is 0.333 e. The maximum absolute atomic E-state index is 13.3. The maximum atomic E-state index is 13.3. The second kappa shape index (κ2) is 6.76. The summed E-state index contributed by atoms with van der Waals surface area (Å²) in [5, 5.41) is 6.98. The molecule has 4 aromatic rings. The molecule has 0 spiro atoms. The molecule has 0 aliphatic carbocycles. The minimum Gasteiger partial charge on any atom is -0.496 e. The Kier molecular flexibility index (Phi) is 4.14. The molecule has 0 fully saturated rings.